The van der Waals surface area contributed by atoms with Crippen molar-refractivity contribution in [1.82, 2.24) is 0 Å². The van der Waals surface area contributed by atoms with Crippen LogP contribution in [0.4, 0.5) is 0 Å². The smallest absolute Gasteiger partial charge is 0.187 e. The molecule has 11 nitrogen and oxygen atoms in total. The lowest BCUT2D eigenvalue weighted by atomic mass is 9.84. The molecule has 1 saturated carbocycles. The maximum absolute atomic E-state index is 9.85. The molecule has 2 aliphatic rings. The largest absolute Gasteiger partial charge is 0.394 e. The average Bonchev–Trinajstić information content (AvgIpc) is 2.54. The zero-order chi connectivity index (χ0) is 17.5. The van der Waals surface area contributed by atoms with E-state index in [1.165, 1.54) is 0 Å². The first-order chi connectivity index (χ1) is 10.7. The molecule has 7 unspecified atom stereocenters. The van der Waals surface area contributed by atoms with Gasteiger partial charge in [-0.05, 0) is 0 Å². The lowest BCUT2D eigenvalue weighted by Crippen LogP contribution is -2.67. The molecule has 23 heavy (non-hydrogen) atoms. The molecule has 1 aliphatic carbocycles. The van der Waals surface area contributed by atoms with Gasteiger partial charge in [-0.3, -0.25) is 0 Å². The van der Waals surface area contributed by atoms with Gasteiger partial charge in [0.2, 0.25) is 0 Å². The SMILES string of the molecule is OCC1O[C@@H](OC2C(O)[C@@H](O)C(O)C(O)[C@H]2O)C(O)C(O)[C@H]1O. The Morgan fingerprint density at radius 3 is 1.52 bits per heavy atom. The van der Waals surface area contributed by atoms with E-state index in [4.69, 9.17) is 14.6 Å². The predicted octanol–water partition coefficient (Wildman–Crippen LogP) is -6.01. The number of aliphatic hydroxyl groups is 9. The van der Waals surface area contributed by atoms with Gasteiger partial charge in [0.1, 0.15) is 61.0 Å². The van der Waals surface area contributed by atoms with Crippen molar-refractivity contribution in [2.75, 3.05) is 6.61 Å². The van der Waals surface area contributed by atoms with Crippen LogP contribution in [0.5, 0.6) is 0 Å². The summed E-state index contributed by atoms with van der Waals surface area (Å²) in [4.78, 5) is 0. The number of hydrogen-bond acceptors (Lipinski definition) is 11. The zero-order valence-corrected chi connectivity index (χ0v) is 11.9. The van der Waals surface area contributed by atoms with Crippen LogP contribution in [0, 0.1) is 0 Å². The van der Waals surface area contributed by atoms with E-state index in [0.29, 0.717) is 0 Å². The van der Waals surface area contributed by atoms with Crippen molar-refractivity contribution in [3.63, 3.8) is 0 Å². The van der Waals surface area contributed by atoms with Gasteiger partial charge in [0.25, 0.3) is 0 Å². The standard InChI is InChI=1S/C12H22O11/c13-1-2-3(14)4(15)10(21)12(22-2)23-11-8(19)6(17)5(16)7(18)9(11)20/h2-21H,1H2/t2?,3-,4?,5?,6-,7?,8?,9+,10?,11?,12-/m0/s1. The molecule has 0 aromatic rings. The Balaban J connectivity index is 2.13. The van der Waals surface area contributed by atoms with Crippen molar-refractivity contribution in [1.29, 1.82) is 0 Å². The first-order valence-electron chi connectivity index (χ1n) is 7.07. The molecule has 11 atom stereocenters. The van der Waals surface area contributed by atoms with Crippen LogP contribution in [0.3, 0.4) is 0 Å². The summed E-state index contributed by atoms with van der Waals surface area (Å²) >= 11 is 0. The van der Waals surface area contributed by atoms with E-state index in [1.807, 2.05) is 0 Å². The second-order valence-corrected chi connectivity index (χ2v) is 5.75. The van der Waals surface area contributed by atoms with Crippen molar-refractivity contribution in [3.8, 4) is 0 Å². The Kier molecular flexibility index (Phi) is 5.92. The quantitative estimate of drug-likeness (QED) is 0.236. The van der Waals surface area contributed by atoms with Crippen molar-refractivity contribution in [2.45, 2.75) is 67.3 Å². The minimum absolute atomic E-state index is 0.704. The van der Waals surface area contributed by atoms with E-state index in [-0.39, 0.29) is 0 Å². The fourth-order valence-electron chi connectivity index (χ4n) is 2.69. The third-order valence-corrected chi connectivity index (χ3v) is 4.21. The van der Waals surface area contributed by atoms with Gasteiger partial charge in [-0.2, -0.15) is 0 Å². The topological polar surface area (TPSA) is 201 Å². The van der Waals surface area contributed by atoms with E-state index < -0.39 is 73.9 Å². The Bertz CT molecular complexity index is 377. The normalized spacial score (nSPS) is 54.9. The van der Waals surface area contributed by atoms with Crippen LogP contribution >= 0.6 is 0 Å². The third-order valence-electron chi connectivity index (χ3n) is 4.21. The second kappa shape index (κ2) is 7.21. The van der Waals surface area contributed by atoms with Crippen LogP contribution in [-0.2, 0) is 9.47 Å². The maximum atomic E-state index is 9.85. The van der Waals surface area contributed by atoms with Gasteiger partial charge < -0.3 is 55.4 Å². The maximum Gasteiger partial charge on any atom is 0.187 e. The summed E-state index contributed by atoms with van der Waals surface area (Å²) in [5, 5.41) is 86.6. The molecule has 1 aliphatic heterocycles. The highest BCUT2D eigenvalue weighted by molar-refractivity contribution is 5.00. The summed E-state index contributed by atoms with van der Waals surface area (Å²) in [7, 11) is 0. The first-order valence-corrected chi connectivity index (χ1v) is 7.07. The highest BCUT2D eigenvalue weighted by atomic mass is 16.7. The lowest BCUT2D eigenvalue weighted by Gasteiger charge is -2.45. The number of aliphatic hydroxyl groups excluding tert-OH is 9. The fourth-order valence-corrected chi connectivity index (χ4v) is 2.69. The number of rotatable bonds is 3. The molecule has 2 rings (SSSR count). The van der Waals surface area contributed by atoms with E-state index >= 15 is 0 Å². The Morgan fingerprint density at radius 2 is 1.04 bits per heavy atom. The van der Waals surface area contributed by atoms with Gasteiger partial charge in [-0.1, -0.05) is 0 Å². The summed E-state index contributed by atoms with van der Waals surface area (Å²) < 4.78 is 10.2. The summed E-state index contributed by atoms with van der Waals surface area (Å²) in [6, 6.07) is 0. The Hall–Kier alpha value is -0.440. The number of ether oxygens (including phenoxy) is 2. The predicted molar refractivity (Wildman–Crippen MR) is 68.7 cm³/mol. The van der Waals surface area contributed by atoms with Gasteiger partial charge in [-0.15, -0.1) is 0 Å². The van der Waals surface area contributed by atoms with Gasteiger partial charge in [0.05, 0.1) is 6.61 Å². The zero-order valence-electron chi connectivity index (χ0n) is 11.9. The van der Waals surface area contributed by atoms with Gasteiger partial charge >= 0.3 is 0 Å². The summed E-state index contributed by atoms with van der Waals surface area (Å²) in [5.74, 6) is 0. The molecule has 136 valence electrons. The van der Waals surface area contributed by atoms with Gasteiger partial charge in [0, 0.05) is 0 Å². The summed E-state index contributed by atoms with van der Waals surface area (Å²) in [6.07, 6.45) is -18.9. The molecule has 0 spiro atoms. The van der Waals surface area contributed by atoms with Crippen molar-refractivity contribution < 1.29 is 55.4 Å². The van der Waals surface area contributed by atoms with Crippen LogP contribution in [0.15, 0.2) is 0 Å². The van der Waals surface area contributed by atoms with Gasteiger partial charge in [-0.25, -0.2) is 0 Å². The molecule has 1 saturated heterocycles. The molecular formula is C12H22O11. The van der Waals surface area contributed by atoms with E-state index in [1.54, 1.807) is 0 Å². The third kappa shape index (κ3) is 3.36. The molecular weight excluding hydrogens is 320 g/mol. The first kappa shape index (κ1) is 18.9. The summed E-state index contributed by atoms with van der Waals surface area (Å²) in [5.41, 5.74) is 0. The molecule has 0 radical (unpaired) electrons. The Labute approximate surface area is 130 Å². The number of hydrogen-bond donors (Lipinski definition) is 9. The van der Waals surface area contributed by atoms with Crippen LogP contribution in [0.25, 0.3) is 0 Å². The van der Waals surface area contributed by atoms with Crippen molar-refractivity contribution >= 4 is 0 Å². The molecule has 11 heteroatoms. The molecule has 1 heterocycles. The Morgan fingerprint density at radius 1 is 0.609 bits per heavy atom. The minimum Gasteiger partial charge on any atom is -0.394 e. The van der Waals surface area contributed by atoms with Crippen LogP contribution in [-0.4, -0.2) is 120 Å². The van der Waals surface area contributed by atoms with Crippen LogP contribution in [0.1, 0.15) is 0 Å². The molecule has 2 fully saturated rings. The van der Waals surface area contributed by atoms with Gasteiger partial charge in [0.15, 0.2) is 6.29 Å². The van der Waals surface area contributed by atoms with Crippen LogP contribution < -0.4 is 0 Å². The van der Waals surface area contributed by atoms with Crippen LogP contribution in [0.2, 0.25) is 0 Å². The van der Waals surface area contributed by atoms with Crippen molar-refractivity contribution in [3.05, 3.63) is 0 Å². The molecule has 0 amide bonds. The fraction of sp³-hybridized carbons (Fsp3) is 1.00. The van der Waals surface area contributed by atoms with E-state index in [9.17, 15) is 40.9 Å². The monoisotopic (exact) mass is 342 g/mol. The minimum atomic E-state index is -1.83. The van der Waals surface area contributed by atoms with E-state index in [2.05, 4.69) is 0 Å². The van der Waals surface area contributed by atoms with E-state index in [0.717, 1.165) is 0 Å². The summed E-state index contributed by atoms with van der Waals surface area (Å²) in [6.45, 7) is -0.704. The highest BCUT2D eigenvalue weighted by Gasteiger charge is 2.52. The lowest BCUT2D eigenvalue weighted by molar-refractivity contribution is -0.339. The molecule has 0 aromatic heterocycles. The second-order valence-electron chi connectivity index (χ2n) is 5.75. The van der Waals surface area contributed by atoms with Crippen molar-refractivity contribution in [2.24, 2.45) is 0 Å². The molecule has 9 N–H and O–H groups in total. The average molecular weight is 342 g/mol. The molecule has 0 aromatic carbocycles. The highest BCUT2D eigenvalue weighted by Crippen LogP contribution is 2.29. The molecule has 0 bridgehead atoms.